The van der Waals surface area contributed by atoms with Gasteiger partial charge in [0.05, 0.1) is 19.3 Å². The van der Waals surface area contributed by atoms with E-state index in [1.807, 2.05) is 0 Å². The molecule has 0 unspecified atom stereocenters. The van der Waals surface area contributed by atoms with Gasteiger partial charge in [0, 0.05) is 0 Å². The summed E-state index contributed by atoms with van der Waals surface area (Å²) in [5.74, 6) is -0.525. The molecule has 2 fully saturated rings. The smallest absolute Gasteiger partial charge is 0.174 e. The van der Waals surface area contributed by atoms with Gasteiger partial charge in [0.2, 0.25) is 0 Å². The second-order valence-electron chi connectivity index (χ2n) is 5.29. The minimum absolute atomic E-state index is 0.0872. The van der Waals surface area contributed by atoms with E-state index in [1.54, 1.807) is 0 Å². The van der Waals surface area contributed by atoms with Gasteiger partial charge in [-0.15, -0.1) is 0 Å². The van der Waals surface area contributed by atoms with Crippen molar-refractivity contribution in [2.24, 2.45) is 0 Å². The highest BCUT2D eigenvalue weighted by molar-refractivity contribution is 7.94. The lowest BCUT2D eigenvalue weighted by Crippen LogP contribution is -2.63. The molecule has 3 atom stereocenters. The van der Waals surface area contributed by atoms with Crippen molar-refractivity contribution in [2.45, 2.75) is 23.0 Å². The normalized spacial score (nSPS) is 35.4. The molecule has 7 heteroatoms. The molecule has 5 nitrogen and oxygen atoms in total. The average molecular weight is 298 g/mol. The second-order valence-corrected chi connectivity index (χ2v) is 7.80. The van der Waals surface area contributed by atoms with Gasteiger partial charge in [0.25, 0.3) is 0 Å². The molecule has 108 valence electrons. The third-order valence-corrected chi connectivity index (χ3v) is 7.04. The van der Waals surface area contributed by atoms with Crippen molar-refractivity contribution in [3.8, 4) is 0 Å². The van der Waals surface area contributed by atoms with Crippen LogP contribution in [-0.2, 0) is 19.3 Å². The maximum atomic E-state index is 13.0. The number of ether oxygens (including phenoxy) is 1. The SMILES string of the molecule is C[C@@]1(c2ccc(F)cc2)C(=N)N[C@H]2COC[C@H]2S1(=O)=O. The molecule has 0 bridgehead atoms. The van der Waals surface area contributed by atoms with Gasteiger partial charge < -0.3 is 10.1 Å². The topological polar surface area (TPSA) is 79.2 Å². The predicted molar refractivity (Wildman–Crippen MR) is 71.9 cm³/mol. The van der Waals surface area contributed by atoms with E-state index in [9.17, 15) is 12.8 Å². The van der Waals surface area contributed by atoms with E-state index >= 15 is 0 Å². The lowest BCUT2D eigenvalue weighted by Gasteiger charge is -2.40. The highest BCUT2D eigenvalue weighted by Gasteiger charge is 2.57. The molecule has 2 heterocycles. The highest BCUT2D eigenvalue weighted by atomic mass is 32.2. The Bertz CT molecular complexity index is 659. The number of benzene rings is 1. The number of nitrogens with one attached hydrogen (secondary N) is 2. The molecule has 0 aliphatic carbocycles. The molecule has 0 amide bonds. The van der Waals surface area contributed by atoms with Crippen LogP contribution >= 0.6 is 0 Å². The average Bonchev–Trinajstić information content (AvgIpc) is 2.86. The zero-order chi connectivity index (χ0) is 14.5. The molecule has 2 aliphatic rings. The van der Waals surface area contributed by atoms with E-state index in [2.05, 4.69) is 5.32 Å². The Morgan fingerprint density at radius 2 is 2.00 bits per heavy atom. The molecule has 1 aromatic carbocycles. The van der Waals surface area contributed by atoms with E-state index < -0.39 is 25.7 Å². The Morgan fingerprint density at radius 3 is 2.65 bits per heavy atom. The fraction of sp³-hybridized carbons (Fsp3) is 0.462. The number of hydrogen-bond donors (Lipinski definition) is 2. The molecule has 2 saturated heterocycles. The molecule has 0 radical (unpaired) electrons. The Hall–Kier alpha value is -1.47. The maximum absolute atomic E-state index is 13.0. The fourth-order valence-corrected chi connectivity index (χ4v) is 5.09. The van der Waals surface area contributed by atoms with Crippen LogP contribution in [-0.4, -0.2) is 38.8 Å². The van der Waals surface area contributed by atoms with E-state index in [0.29, 0.717) is 5.56 Å². The van der Waals surface area contributed by atoms with Gasteiger partial charge in [-0.05, 0) is 24.6 Å². The molecule has 3 rings (SSSR count). The Balaban J connectivity index is 2.15. The largest absolute Gasteiger partial charge is 0.378 e. The number of fused-ring (bicyclic) bond motifs is 1. The van der Waals surface area contributed by atoms with Crippen molar-refractivity contribution in [2.75, 3.05) is 13.2 Å². The Morgan fingerprint density at radius 1 is 1.35 bits per heavy atom. The maximum Gasteiger partial charge on any atom is 0.174 e. The first-order valence-corrected chi connectivity index (χ1v) is 7.85. The third-order valence-electron chi connectivity index (χ3n) is 4.20. The van der Waals surface area contributed by atoms with Gasteiger partial charge in [0.1, 0.15) is 16.9 Å². The second kappa shape index (κ2) is 4.26. The lowest BCUT2D eigenvalue weighted by atomic mass is 9.97. The van der Waals surface area contributed by atoms with Crippen molar-refractivity contribution < 1.29 is 17.5 Å². The first kappa shape index (κ1) is 13.5. The van der Waals surface area contributed by atoms with Crippen LogP contribution in [0.25, 0.3) is 0 Å². The molecule has 0 saturated carbocycles. The molecular weight excluding hydrogens is 283 g/mol. The summed E-state index contributed by atoms with van der Waals surface area (Å²) >= 11 is 0. The van der Waals surface area contributed by atoms with Gasteiger partial charge in [-0.3, -0.25) is 5.41 Å². The van der Waals surface area contributed by atoms with Gasteiger partial charge in [-0.1, -0.05) is 12.1 Å². The van der Waals surface area contributed by atoms with Gasteiger partial charge in [0.15, 0.2) is 14.6 Å². The van der Waals surface area contributed by atoms with Crippen molar-refractivity contribution in [3.05, 3.63) is 35.6 Å². The van der Waals surface area contributed by atoms with Crippen LogP contribution in [0.15, 0.2) is 24.3 Å². The number of amidine groups is 1. The summed E-state index contributed by atoms with van der Waals surface area (Å²) in [6.45, 7) is 1.90. The van der Waals surface area contributed by atoms with Gasteiger partial charge >= 0.3 is 0 Å². The summed E-state index contributed by atoms with van der Waals surface area (Å²) in [5.41, 5.74) is 0.391. The van der Waals surface area contributed by atoms with E-state index in [1.165, 1.54) is 31.2 Å². The highest BCUT2D eigenvalue weighted by Crippen LogP contribution is 2.39. The van der Waals surface area contributed by atoms with Crippen LogP contribution in [0.4, 0.5) is 4.39 Å². The molecule has 0 aromatic heterocycles. The van der Waals surface area contributed by atoms with Crippen LogP contribution in [0, 0.1) is 11.2 Å². The zero-order valence-corrected chi connectivity index (χ0v) is 11.7. The molecule has 0 spiro atoms. The standard InChI is InChI=1S/C13H15FN2O3S/c1-13(8-2-4-9(14)5-3-8)12(15)16-10-6-19-7-11(10)20(13,17)18/h2-5,10-11H,6-7H2,1H3,(H2,15,16)/t10-,11+,13+/m0/s1. The van der Waals surface area contributed by atoms with Crippen LogP contribution < -0.4 is 5.32 Å². The molecule has 2 aliphatic heterocycles. The first-order valence-electron chi connectivity index (χ1n) is 6.30. The van der Waals surface area contributed by atoms with E-state index in [0.717, 1.165) is 0 Å². The summed E-state index contributed by atoms with van der Waals surface area (Å²) < 4.78 is 42.5. The minimum atomic E-state index is -3.65. The number of rotatable bonds is 1. The van der Waals surface area contributed by atoms with Crippen LogP contribution in [0.1, 0.15) is 12.5 Å². The monoisotopic (exact) mass is 298 g/mol. The molecule has 20 heavy (non-hydrogen) atoms. The number of halogens is 1. The van der Waals surface area contributed by atoms with Gasteiger partial charge in [-0.2, -0.15) is 0 Å². The summed E-state index contributed by atoms with van der Waals surface area (Å²) in [5, 5.41) is 10.3. The zero-order valence-electron chi connectivity index (χ0n) is 10.9. The van der Waals surface area contributed by atoms with Crippen LogP contribution in [0.3, 0.4) is 0 Å². The van der Waals surface area contributed by atoms with Crippen LogP contribution in [0.5, 0.6) is 0 Å². The van der Waals surface area contributed by atoms with Gasteiger partial charge in [-0.25, -0.2) is 12.8 Å². The molecule has 2 N–H and O–H groups in total. The Labute approximate surface area is 116 Å². The number of sulfone groups is 1. The number of hydrogen-bond acceptors (Lipinski definition) is 4. The van der Waals surface area contributed by atoms with E-state index in [-0.39, 0.29) is 25.1 Å². The summed E-state index contributed by atoms with van der Waals surface area (Å²) in [6.07, 6.45) is 0. The minimum Gasteiger partial charge on any atom is -0.378 e. The van der Waals surface area contributed by atoms with Crippen molar-refractivity contribution in [3.63, 3.8) is 0 Å². The fourth-order valence-electron chi connectivity index (χ4n) is 2.82. The molecular formula is C13H15FN2O3S. The Kier molecular flexibility index (Phi) is 2.88. The molecule has 1 aromatic rings. The van der Waals surface area contributed by atoms with Crippen molar-refractivity contribution in [1.82, 2.24) is 5.32 Å². The van der Waals surface area contributed by atoms with Crippen LogP contribution in [0.2, 0.25) is 0 Å². The van der Waals surface area contributed by atoms with E-state index in [4.69, 9.17) is 10.1 Å². The lowest BCUT2D eigenvalue weighted by molar-refractivity contribution is 0.193. The summed E-state index contributed by atoms with van der Waals surface area (Å²) in [4.78, 5) is 0. The predicted octanol–water partition coefficient (Wildman–Crippen LogP) is 0.804. The summed E-state index contributed by atoms with van der Waals surface area (Å²) in [7, 11) is -3.65. The first-order chi connectivity index (χ1) is 9.37. The quantitative estimate of drug-likeness (QED) is 0.804. The third kappa shape index (κ3) is 1.63. The van der Waals surface area contributed by atoms with Crippen molar-refractivity contribution in [1.29, 1.82) is 5.41 Å². The van der Waals surface area contributed by atoms with Crippen molar-refractivity contribution >= 4 is 15.7 Å². The summed E-state index contributed by atoms with van der Waals surface area (Å²) in [6, 6.07) is 4.88.